The Morgan fingerprint density at radius 1 is 1.21 bits per heavy atom. The fourth-order valence-corrected chi connectivity index (χ4v) is 2.11. The van der Waals surface area contributed by atoms with Crippen LogP contribution in [0.5, 0.6) is 0 Å². The van der Waals surface area contributed by atoms with E-state index in [0.29, 0.717) is 29.7 Å². The maximum atomic E-state index is 11.2. The summed E-state index contributed by atoms with van der Waals surface area (Å²) in [5.74, 6) is 1.48. The predicted molar refractivity (Wildman–Crippen MR) is 78.8 cm³/mol. The Bertz CT molecular complexity index is 282. The molecule has 19 heavy (non-hydrogen) atoms. The molecule has 0 radical (unpaired) electrons. The minimum absolute atomic E-state index is 0.0676. The van der Waals surface area contributed by atoms with Gasteiger partial charge in [-0.2, -0.15) is 0 Å². The van der Waals surface area contributed by atoms with Gasteiger partial charge in [-0.25, -0.2) is 4.79 Å². The minimum Gasteiger partial charge on any atom is -0.460 e. The number of carbonyl (C=O) groups is 1. The molecule has 0 aliphatic rings. The minimum atomic E-state index is -0.572. The smallest absolute Gasteiger partial charge is 0.333 e. The molecule has 1 N–H and O–H groups in total. The standard InChI is InChI=1S/C16H30O3/c1-11(2)9-14(12(3)4)7-8-15(17)10-19-16(18)13(5)6/h11-12,14-15,17H,5,7-10H2,1-4,6H3. The number of rotatable bonds is 9. The van der Waals surface area contributed by atoms with Crippen molar-refractivity contribution in [3.05, 3.63) is 12.2 Å². The molecule has 2 atom stereocenters. The maximum Gasteiger partial charge on any atom is 0.333 e. The molecule has 3 heteroatoms. The summed E-state index contributed by atoms with van der Waals surface area (Å²) in [5, 5.41) is 9.84. The van der Waals surface area contributed by atoms with E-state index < -0.39 is 12.1 Å². The molecule has 0 saturated carbocycles. The highest BCUT2D eigenvalue weighted by Gasteiger charge is 2.17. The normalized spacial score (nSPS) is 14.5. The highest BCUT2D eigenvalue weighted by molar-refractivity contribution is 5.86. The number of carbonyl (C=O) groups excluding carboxylic acids is 1. The van der Waals surface area contributed by atoms with Crippen LogP contribution in [0.2, 0.25) is 0 Å². The monoisotopic (exact) mass is 270 g/mol. The van der Waals surface area contributed by atoms with Gasteiger partial charge in [-0.05, 0) is 43.9 Å². The Labute approximate surface area is 118 Å². The molecule has 0 aromatic heterocycles. The fraction of sp³-hybridized carbons (Fsp3) is 0.812. The van der Waals surface area contributed by atoms with Crippen LogP contribution in [-0.2, 0) is 9.53 Å². The van der Waals surface area contributed by atoms with E-state index in [1.54, 1.807) is 6.92 Å². The second-order valence-corrected chi connectivity index (χ2v) is 6.24. The van der Waals surface area contributed by atoms with E-state index in [9.17, 15) is 9.90 Å². The molecule has 0 aromatic carbocycles. The zero-order valence-electron chi connectivity index (χ0n) is 13.1. The second kappa shape index (κ2) is 9.13. The first kappa shape index (κ1) is 18.2. The Kier molecular flexibility index (Phi) is 8.73. The predicted octanol–water partition coefficient (Wildman–Crippen LogP) is 3.57. The molecule has 0 aliphatic carbocycles. The van der Waals surface area contributed by atoms with Crippen molar-refractivity contribution in [2.75, 3.05) is 6.61 Å². The zero-order valence-corrected chi connectivity index (χ0v) is 13.1. The average Bonchev–Trinajstić information content (AvgIpc) is 2.30. The summed E-state index contributed by atoms with van der Waals surface area (Å²) < 4.78 is 4.95. The fourth-order valence-electron chi connectivity index (χ4n) is 2.11. The van der Waals surface area contributed by atoms with E-state index in [-0.39, 0.29) is 6.61 Å². The molecule has 0 aromatic rings. The van der Waals surface area contributed by atoms with E-state index in [1.807, 2.05) is 0 Å². The van der Waals surface area contributed by atoms with Crippen LogP contribution in [0.1, 0.15) is 53.9 Å². The number of aliphatic hydroxyl groups is 1. The summed E-state index contributed by atoms with van der Waals surface area (Å²) in [6, 6.07) is 0. The van der Waals surface area contributed by atoms with Crippen LogP contribution in [0.25, 0.3) is 0 Å². The number of hydrogen-bond donors (Lipinski definition) is 1. The molecule has 0 spiro atoms. The molecule has 0 amide bonds. The molecule has 2 unspecified atom stereocenters. The van der Waals surface area contributed by atoms with Crippen molar-refractivity contribution in [2.45, 2.75) is 60.0 Å². The van der Waals surface area contributed by atoms with E-state index in [1.165, 1.54) is 6.42 Å². The van der Waals surface area contributed by atoms with Crippen LogP contribution in [0.15, 0.2) is 12.2 Å². The lowest BCUT2D eigenvalue weighted by Gasteiger charge is -2.24. The maximum absolute atomic E-state index is 11.2. The number of ether oxygens (including phenoxy) is 1. The first-order valence-corrected chi connectivity index (χ1v) is 7.24. The summed E-state index contributed by atoms with van der Waals surface area (Å²) >= 11 is 0. The van der Waals surface area contributed by atoms with Gasteiger partial charge in [0.25, 0.3) is 0 Å². The molecule has 0 aliphatic heterocycles. The Morgan fingerprint density at radius 3 is 2.21 bits per heavy atom. The van der Waals surface area contributed by atoms with Gasteiger partial charge in [-0.1, -0.05) is 34.3 Å². The Morgan fingerprint density at radius 2 is 1.79 bits per heavy atom. The summed E-state index contributed by atoms with van der Waals surface area (Å²) in [7, 11) is 0. The van der Waals surface area contributed by atoms with Crippen molar-refractivity contribution in [1.29, 1.82) is 0 Å². The van der Waals surface area contributed by atoms with Crippen molar-refractivity contribution in [3.63, 3.8) is 0 Å². The largest absolute Gasteiger partial charge is 0.460 e. The summed E-state index contributed by atoms with van der Waals surface area (Å²) in [4.78, 5) is 11.2. The van der Waals surface area contributed by atoms with Crippen LogP contribution >= 0.6 is 0 Å². The van der Waals surface area contributed by atoms with Gasteiger partial charge in [0.2, 0.25) is 0 Å². The number of hydrogen-bond acceptors (Lipinski definition) is 3. The van der Waals surface area contributed by atoms with Gasteiger partial charge in [0.15, 0.2) is 0 Å². The molecule has 0 heterocycles. The quantitative estimate of drug-likeness (QED) is 0.514. The Hall–Kier alpha value is -0.830. The molecular weight excluding hydrogens is 240 g/mol. The highest BCUT2D eigenvalue weighted by Crippen LogP contribution is 2.25. The van der Waals surface area contributed by atoms with E-state index in [4.69, 9.17) is 4.74 Å². The van der Waals surface area contributed by atoms with Crippen molar-refractivity contribution in [1.82, 2.24) is 0 Å². The molecule has 0 rings (SSSR count). The van der Waals surface area contributed by atoms with Crippen LogP contribution < -0.4 is 0 Å². The van der Waals surface area contributed by atoms with Gasteiger partial charge in [-0.3, -0.25) is 0 Å². The lowest BCUT2D eigenvalue weighted by molar-refractivity contribution is -0.142. The van der Waals surface area contributed by atoms with Crippen molar-refractivity contribution >= 4 is 5.97 Å². The van der Waals surface area contributed by atoms with Crippen molar-refractivity contribution in [3.8, 4) is 0 Å². The second-order valence-electron chi connectivity index (χ2n) is 6.24. The first-order chi connectivity index (χ1) is 8.73. The molecule has 112 valence electrons. The van der Waals surface area contributed by atoms with Crippen molar-refractivity contribution < 1.29 is 14.6 Å². The van der Waals surface area contributed by atoms with Gasteiger partial charge in [0, 0.05) is 5.57 Å². The zero-order chi connectivity index (χ0) is 15.0. The van der Waals surface area contributed by atoms with Gasteiger partial charge >= 0.3 is 5.97 Å². The van der Waals surface area contributed by atoms with E-state index in [2.05, 4.69) is 34.3 Å². The lowest BCUT2D eigenvalue weighted by Crippen LogP contribution is -2.21. The highest BCUT2D eigenvalue weighted by atomic mass is 16.5. The van der Waals surface area contributed by atoms with E-state index >= 15 is 0 Å². The van der Waals surface area contributed by atoms with Crippen LogP contribution in [0, 0.1) is 17.8 Å². The van der Waals surface area contributed by atoms with Gasteiger partial charge < -0.3 is 9.84 Å². The van der Waals surface area contributed by atoms with Gasteiger partial charge in [0.05, 0.1) is 6.10 Å². The molecule has 3 nitrogen and oxygen atoms in total. The SMILES string of the molecule is C=C(C)C(=O)OCC(O)CCC(CC(C)C)C(C)C. The molecule has 0 fully saturated rings. The number of esters is 1. The third-order valence-corrected chi connectivity index (χ3v) is 3.34. The third kappa shape index (κ3) is 8.82. The van der Waals surface area contributed by atoms with Crippen LogP contribution in [0.4, 0.5) is 0 Å². The van der Waals surface area contributed by atoms with Crippen molar-refractivity contribution in [2.24, 2.45) is 17.8 Å². The summed E-state index contributed by atoms with van der Waals surface area (Å²) in [5.41, 5.74) is 0.368. The number of aliphatic hydroxyl groups excluding tert-OH is 1. The van der Waals surface area contributed by atoms with Crippen LogP contribution in [0.3, 0.4) is 0 Å². The third-order valence-electron chi connectivity index (χ3n) is 3.34. The van der Waals surface area contributed by atoms with Gasteiger partial charge in [-0.15, -0.1) is 0 Å². The summed E-state index contributed by atoms with van der Waals surface area (Å²) in [6.45, 7) is 14.1. The molecule has 0 bridgehead atoms. The average molecular weight is 270 g/mol. The first-order valence-electron chi connectivity index (χ1n) is 7.24. The van der Waals surface area contributed by atoms with Crippen LogP contribution in [-0.4, -0.2) is 23.8 Å². The lowest BCUT2D eigenvalue weighted by atomic mass is 9.84. The van der Waals surface area contributed by atoms with E-state index in [0.717, 1.165) is 6.42 Å². The summed E-state index contributed by atoms with van der Waals surface area (Å²) in [6.07, 6.45) is 2.26. The Balaban J connectivity index is 4.01. The molecular formula is C16H30O3. The topological polar surface area (TPSA) is 46.5 Å². The molecule has 0 saturated heterocycles. The van der Waals surface area contributed by atoms with Gasteiger partial charge in [0.1, 0.15) is 6.61 Å².